The SMILES string of the molecule is COC(=O)c1c(NC(=O)c2cnn(C)c2C(=O)O)sc2c1CCC2. The van der Waals surface area contributed by atoms with E-state index in [2.05, 4.69) is 10.4 Å². The van der Waals surface area contributed by atoms with Crippen LogP contribution in [0, 0.1) is 0 Å². The zero-order valence-electron chi connectivity index (χ0n) is 13.1. The summed E-state index contributed by atoms with van der Waals surface area (Å²) in [5.74, 6) is -2.37. The first-order valence-electron chi connectivity index (χ1n) is 7.23. The normalized spacial score (nSPS) is 12.8. The Labute approximate surface area is 141 Å². The van der Waals surface area contributed by atoms with Crippen LogP contribution in [0.4, 0.5) is 5.00 Å². The lowest BCUT2D eigenvalue weighted by molar-refractivity contribution is 0.0600. The minimum absolute atomic E-state index is 0.0608. The standard InChI is InChI=1S/C15H15N3O5S/c1-18-11(14(20)21)8(6-16-18)12(19)17-13-10(15(22)23-2)7-4-3-5-9(7)24-13/h6H,3-5H2,1-2H3,(H,17,19)(H,20,21). The molecular weight excluding hydrogens is 334 g/mol. The summed E-state index contributed by atoms with van der Waals surface area (Å²) >= 11 is 1.33. The maximum Gasteiger partial charge on any atom is 0.354 e. The van der Waals surface area contributed by atoms with Crippen LogP contribution in [0.5, 0.6) is 0 Å². The number of carboxylic acid groups (broad SMARTS) is 1. The maximum absolute atomic E-state index is 12.5. The Morgan fingerprint density at radius 3 is 2.79 bits per heavy atom. The van der Waals surface area contributed by atoms with E-state index in [1.807, 2.05) is 0 Å². The van der Waals surface area contributed by atoms with Crippen molar-refractivity contribution in [1.82, 2.24) is 9.78 Å². The van der Waals surface area contributed by atoms with E-state index in [0.29, 0.717) is 10.6 Å². The van der Waals surface area contributed by atoms with Crippen LogP contribution in [0.2, 0.25) is 0 Å². The summed E-state index contributed by atoms with van der Waals surface area (Å²) in [4.78, 5) is 36.9. The monoisotopic (exact) mass is 349 g/mol. The molecule has 0 radical (unpaired) electrons. The van der Waals surface area contributed by atoms with Gasteiger partial charge in [-0.3, -0.25) is 9.48 Å². The molecule has 2 aromatic heterocycles. The Hall–Kier alpha value is -2.68. The Kier molecular flexibility index (Phi) is 4.10. The quantitative estimate of drug-likeness (QED) is 0.813. The molecule has 0 saturated carbocycles. The third kappa shape index (κ3) is 2.56. The lowest BCUT2D eigenvalue weighted by Gasteiger charge is -2.07. The summed E-state index contributed by atoms with van der Waals surface area (Å²) in [7, 11) is 2.73. The molecule has 9 heteroatoms. The summed E-state index contributed by atoms with van der Waals surface area (Å²) in [5.41, 5.74) is 1.00. The average Bonchev–Trinajstić information content (AvgIpc) is 3.20. The molecule has 0 atom stereocenters. The number of thiophene rings is 1. The van der Waals surface area contributed by atoms with Gasteiger partial charge < -0.3 is 15.2 Å². The Bertz CT molecular complexity index is 852. The second-order valence-electron chi connectivity index (χ2n) is 5.34. The van der Waals surface area contributed by atoms with E-state index in [1.165, 1.54) is 31.7 Å². The van der Waals surface area contributed by atoms with Gasteiger partial charge in [-0.15, -0.1) is 11.3 Å². The summed E-state index contributed by atoms with van der Waals surface area (Å²) in [5, 5.41) is 16.1. The second kappa shape index (κ2) is 6.08. The van der Waals surface area contributed by atoms with Crippen molar-refractivity contribution < 1.29 is 24.2 Å². The van der Waals surface area contributed by atoms with E-state index in [-0.39, 0.29) is 11.3 Å². The molecule has 1 amide bonds. The summed E-state index contributed by atoms with van der Waals surface area (Å²) < 4.78 is 5.94. The highest BCUT2D eigenvalue weighted by atomic mass is 32.1. The molecule has 8 nitrogen and oxygen atoms in total. The number of methoxy groups -OCH3 is 1. The van der Waals surface area contributed by atoms with Gasteiger partial charge in [0.2, 0.25) is 0 Å². The molecule has 2 N–H and O–H groups in total. The van der Waals surface area contributed by atoms with Crippen LogP contribution in [-0.4, -0.2) is 39.8 Å². The first-order chi connectivity index (χ1) is 11.4. The molecule has 1 aliphatic carbocycles. The first kappa shape index (κ1) is 16.2. The number of carbonyl (C=O) groups excluding carboxylic acids is 2. The smallest absolute Gasteiger partial charge is 0.354 e. The zero-order valence-corrected chi connectivity index (χ0v) is 13.9. The van der Waals surface area contributed by atoms with Gasteiger partial charge in [0.15, 0.2) is 5.69 Å². The van der Waals surface area contributed by atoms with Crippen molar-refractivity contribution in [2.45, 2.75) is 19.3 Å². The largest absolute Gasteiger partial charge is 0.477 e. The van der Waals surface area contributed by atoms with E-state index in [1.54, 1.807) is 0 Å². The molecule has 2 aromatic rings. The number of aryl methyl sites for hydroxylation is 2. The number of hydrogen-bond donors (Lipinski definition) is 2. The van der Waals surface area contributed by atoms with Crippen molar-refractivity contribution in [1.29, 1.82) is 0 Å². The fourth-order valence-corrected chi connectivity index (χ4v) is 4.11. The number of esters is 1. The van der Waals surface area contributed by atoms with Crippen molar-refractivity contribution in [3.05, 3.63) is 33.5 Å². The zero-order chi connectivity index (χ0) is 17.4. The van der Waals surface area contributed by atoms with Crippen molar-refractivity contribution >= 4 is 34.2 Å². The lowest BCUT2D eigenvalue weighted by Crippen LogP contribution is -2.18. The van der Waals surface area contributed by atoms with Crippen LogP contribution >= 0.6 is 11.3 Å². The average molecular weight is 349 g/mol. The Morgan fingerprint density at radius 1 is 1.38 bits per heavy atom. The van der Waals surface area contributed by atoms with Crippen LogP contribution in [0.25, 0.3) is 0 Å². The number of anilines is 1. The number of fused-ring (bicyclic) bond motifs is 1. The number of carbonyl (C=O) groups is 3. The molecule has 1 aliphatic rings. The molecule has 0 fully saturated rings. The van der Waals surface area contributed by atoms with Crippen LogP contribution in [0.3, 0.4) is 0 Å². The molecule has 0 aliphatic heterocycles. The number of nitrogens with zero attached hydrogens (tertiary/aromatic N) is 2. The first-order valence-corrected chi connectivity index (χ1v) is 8.05. The summed E-state index contributed by atoms with van der Waals surface area (Å²) in [6, 6.07) is 0. The molecule has 0 unspecified atom stereocenters. The molecular formula is C15H15N3O5S. The molecule has 0 bridgehead atoms. The number of amides is 1. The number of aromatic carboxylic acids is 1. The van der Waals surface area contributed by atoms with E-state index in [9.17, 15) is 19.5 Å². The van der Waals surface area contributed by atoms with Gasteiger partial charge in [0.05, 0.1) is 24.4 Å². The predicted molar refractivity (Wildman–Crippen MR) is 85.8 cm³/mol. The van der Waals surface area contributed by atoms with E-state index < -0.39 is 17.8 Å². The van der Waals surface area contributed by atoms with Crippen LogP contribution < -0.4 is 5.32 Å². The number of rotatable bonds is 4. The van der Waals surface area contributed by atoms with Gasteiger partial charge in [0.1, 0.15) is 5.00 Å². The number of carboxylic acids is 1. The number of ether oxygens (including phenoxy) is 1. The minimum Gasteiger partial charge on any atom is -0.477 e. The lowest BCUT2D eigenvalue weighted by atomic mass is 10.1. The van der Waals surface area contributed by atoms with Gasteiger partial charge in [-0.25, -0.2) is 9.59 Å². The Morgan fingerprint density at radius 2 is 2.12 bits per heavy atom. The van der Waals surface area contributed by atoms with Gasteiger partial charge in [-0.2, -0.15) is 5.10 Å². The molecule has 0 aromatic carbocycles. The highest BCUT2D eigenvalue weighted by Gasteiger charge is 2.29. The third-order valence-electron chi connectivity index (χ3n) is 3.92. The van der Waals surface area contributed by atoms with Crippen molar-refractivity contribution in [3.8, 4) is 0 Å². The van der Waals surface area contributed by atoms with Crippen LogP contribution in [0.1, 0.15) is 48.1 Å². The van der Waals surface area contributed by atoms with Crippen molar-refractivity contribution in [2.75, 3.05) is 12.4 Å². The van der Waals surface area contributed by atoms with E-state index in [0.717, 1.165) is 34.4 Å². The summed E-state index contributed by atoms with van der Waals surface area (Å²) in [6.45, 7) is 0. The topological polar surface area (TPSA) is 111 Å². The van der Waals surface area contributed by atoms with Crippen molar-refractivity contribution in [3.63, 3.8) is 0 Å². The molecule has 126 valence electrons. The molecule has 0 saturated heterocycles. The number of hydrogen-bond acceptors (Lipinski definition) is 6. The fourth-order valence-electron chi connectivity index (χ4n) is 2.84. The molecule has 0 spiro atoms. The van der Waals surface area contributed by atoms with Gasteiger partial charge in [-0.1, -0.05) is 0 Å². The number of aromatic nitrogens is 2. The second-order valence-corrected chi connectivity index (χ2v) is 6.45. The third-order valence-corrected chi connectivity index (χ3v) is 5.13. The van der Waals surface area contributed by atoms with Gasteiger partial charge >= 0.3 is 11.9 Å². The Balaban J connectivity index is 1.96. The number of nitrogens with one attached hydrogen (secondary N) is 1. The minimum atomic E-state index is -1.25. The maximum atomic E-state index is 12.5. The highest BCUT2D eigenvalue weighted by molar-refractivity contribution is 7.17. The van der Waals surface area contributed by atoms with E-state index >= 15 is 0 Å². The van der Waals surface area contributed by atoms with Gasteiger partial charge in [-0.05, 0) is 24.8 Å². The van der Waals surface area contributed by atoms with Crippen molar-refractivity contribution in [2.24, 2.45) is 7.05 Å². The van der Waals surface area contributed by atoms with Crippen LogP contribution in [0.15, 0.2) is 6.20 Å². The van der Waals surface area contributed by atoms with Gasteiger partial charge in [0, 0.05) is 11.9 Å². The van der Waals surface area contributed by atoms with E-state index in [4.69, 9.17) is 4.74 Å². The molecule has 2 heterocycles. The summed E-state index contributed by atoms with van der Waals surface area (Å²) in [6.07, 6.45) is 3.77. The highest BCUT2D eigenvalue weighted by Crippen LogP contribution is 2.39. The van der Waals surface area contributed by atoms with Gasteiger partial charge in [0.25, 0.3) is 5.91 Å². The predicted octanol–water partition coefficient (Wildman–Crippen LogP) is 1.71. The van der Waals surface area contributed by atoms with Crippen LogP contribution in [-0.2, 0) is 24.6 Å². The fraction of sp³-hybridized carbons (Fsp3) is 0.333. The molecule has 24 heavy (non-hydrogen) atoms. The molecule has 3 rings (SSSR count).